The van der Waals surface area contributed by atoms with Gasteiger partial charge in [-0.05, 0) is 28.7 Å². The average molecular weight is 162 g/mol. The number of carbonyl (C=O) groups excluding carboxylic acids is 1. The van der Waals surface area contributed by atoms with E-state index in [1.54, 1.807) is 11.6 Å². The van der Waals surface area contributed by atoms with E-state index in [9.17, 15) is 4.79 Å². The smallest absolute Gasteiger partial charge is 0.226 e. The Kier molecular flexibility index (Phi) is 2.19. The summed E-state index contributed by atoms with van der Waals surface area (Å²) >= 11 is 6.43. The molecule has 0 aliphatic heterocycles. The molecular weight excluding hydrogens is 158 g/mol. The number of rotatable bonds is 2. The van der Waals surface area contributed by atoms with Gasteiger partial charge in [-0.1, -0.05) is 0 Å². The minimum absolute atomic E-state index is 0.290. The molecule has 4 heteroatoms. The monoisotopic (exact) mass is 161 g/mol. The van der Waals surface area contributed by atoms with E-state index >= 15 is 0 Å². The fourth-order valence-corrected chi connectivity index (χ4v) is 1.17. The maximum atomic E-state index is 10.3. The lowest BCUT2D eigenvalue weighted by molar-refractivity contribution is -0.111. The molecule has 0 aromatic carbocycles. The van der Waals surface area contributed by atoms with Crippen molar-refractivity contribution in [3.8, 4) is 0 Å². The quantitative estimate of drug-likeness (QED) is 0.615. The lowest BCUT2D eigenvalue weighted by atomic mass is 10.3. The largest absolute Gasteiger partial charge is 0.281 e. The molecule has 0 aliphatic carbocycles. The Morgan fingerprint density at radius 1 is 1.89 bits per heavy atom. The van der Waals surface area contributed by atoms with Crippen molar-refractivity contribution in [3.05, 3.63) is 17.1 Å². The van der Waals surface area contributed by atoms with Gasteiger partial charge in [0, 0.05) is 18.0 Å². The van der Waals surface area contributed by atoms with Gasteiger partial charge >= 0.3 is 0 Å². The minimum Gasteiger partial charge on any atom is -0.281 e. The molecule has 0 aliphatic rings. The van der Waals surface area contributed by atoms with E-state index in [2.05, 4.69) is 4.37 Å². The SMILES string of the molecule is O=C(Cl)Cc1cnsc1. The standard InChI is InChI=1S/C5H4ClNOS/c6-5(8)1-4-2-7-9-3-4/h2-3H,1H2. The first kappa shape index (κ1) is 6.71. The summed E-state index contributed by atoms with van der Waals surface area (Å²) in [6.07, 6.45) is 1.93. The van der Waals surface area contributed by atoms with Crippen LogP contribution in [-0.2, 0) is 11.2 Å². The van der Waals surface area contributed by atoms with E-state index in [4.69, 9.17) is 11.6 Å². The Morgan fingerprint density at radius 3 is 3.11 bits per heavy atom. The van der Waals surface area contributed by atoms with Gasteiger partial charge in [0.2, 0.25) is 5.24 Å². The van der Waals surface area contributed by atoms with Crippen LogP contribution in [0.1, 0.15) is 5.56 Å². The third kappa shape index (κ3) is 2.11. The molecule has 0 radical (unpaired) electrons. The molecule has 9 heavy (non-hydrogen) atoms. The zero-order valence-electron chi connectivity index (χ0n) is 4.50. The number of nitrogens with zero attached hydrogens (tertiary/aromatic N) is 1. The van der Waals surface area contributed by atoms with Crippen LogP contribution in [0.15, 0.2) is 11.6 Å². The van der Waals surface area contributed by atoms with Gasteiger partial charge in [0.25, 0.3) is 0 Å². The third-order valence-electron chi connectivity index (χ3n) is 0.827. The van der Waals surface area contributed by atoms with Crippen LogP contribution in [0.5, 0.6) is 0 Å². The highest BCUT2D eigenvalue weighted by Crippen LogP contribution is 2.03. The van der Waals surface area contributed by atoms with Crippen LogP contribution in [0.3, 0.4) is 0 Å². The summed E-state index contributed by atoms with van der Waals surface area (Å²) in [6.45, 7) is 0. The summed E-state index contributed by atoms with van der Waals surface area (Å²) in [5.41, 5.74) is 0.889. The van der Waals surface area contributed by atoms with Crippen molar-refractivity contribution in [1.29, 1.82) is 0 Å². The van der Waals surface area contributed by atoms with Gasteiger partial charge in [0.15, 0.2) is 0 Å². The number of hydrogen-bond donors (Lipinski definition) is 0. The van der Waals surface area contributed by atoms with Crippen LogP contribution in [0.4, 0.5) is 0 Å². The highest BCUT2D eigenvalue weighted by molar-refractivity contribution is 7.03. The van der Waals surface area contributed by atoms with Gasteiger partial charge in [-0.2, -0.15) is 0 Å². The molecule has 0 N–H and O–H groups in total. The van der Waals surface area contributed by atoms with E-state index in [0.717, 1.165) is 5.56 Å². The molecule has 0 fully saturated rings. The molecule has 1 rings (SSSR count). The normalized spacial score (nSPS) is 9.44. The fraction of sp³-hybridized carbons (Fsp3) is 0.200. The van der Waals surface area contributed by atoms with Crippen LogP contribution >= 0.6 is 23.1 Å². The number of hydrogen-bond acceptors (Lipinski definition) is 3. The van der Waals surface area contributed by atoms with Gasteiger partial charge in [-0.15, -0.1) is 0 Å². The number of aromatic nitrogens is 1. The topological polar surface area (TPSA) is 30.0 Å². The maximum Gasteiger partial charge on any atom is 0.226 e. The second kappa shape index (κ2) is 2.94. The Bertz CT molecular complexity index is 197. The molecule has 0 spiro atoms. The Balaban J connectivity index is 2.58. The molecule has 0 atom stereocenters. The molecule has 1 heterocycles. The van der Waals surface area contributed by atoms with Gasteiger partial charge in [-0.25, -0.2) is 4.37 Å². The number of carbonyl (C=O) groups is 1. The first-order valence-electron chi connectivity index (χ1n) is 2.35. The molecule has 2 nitrogen and oxygen atoms in total. The van der Waals surface area contributed by atoms with Crippen molar-refractivity contribution in [2.45, 2.75) is 6.42 Å². The Hall–Kier alpha value is -0.410. The van der Waals surface area contributed by atoms with Crippen LogP contribution in [0, 0.1) is 0 Å². The average Bonchev–Trinajstić information content (AvgIpc) is 2.15. The van der Waals surface area contributed by atoms with Crippen LogP contribution in [-0.4, -0.2) is 9.62 Å². The highest BCUT2D eigenvalue weighted by atomic mass is 35.5. The lowest BCUT2D eigenvalue weighted by Crippen LogP contribution is -1.89. The Labute approximate surface area is 61.6 Å². The van der Waals surface area contributed by atoms with Crippen molar-refractivity contribution in [2.75, 3.05) is 0 Å². The molecule has 0 amide bonds. The summed E-state index contributed by atoms with van der Waals surface area (Å²) in [6, 6.07) is 0. The van der Waals surface area contributed by atoms with Crippen molar-refractivity contribution in [3.63, 3.8) is 0 Å². The van der Waals surface area contributed by atoms with Crippen molar-refractivity contribution >= 4 is 28.4 Å². The minimum atomic E-state index is -0.338. The summed E-state index contributed by atoms with van der Waals surface area (Å²) in [7, 11) is 0. The van der Waals surface area contributed by atoms with Gasteiger partial charge < -0.3 is 0 Å². The van der Waals surface area contributed by atoms with Crippen LogP contribution < -0.4 is 0 Å². The Morgan fingerprint density at radius 2 is 2.67 bits per heavy atom. The second-order valence-corrected chi connectivity index (χ2v) is 2.64. The number of halogens is 1. The predicted molar refractivity (Wildman–Crippen MR) is 36.7 cm³/mol. The zero-order valence-corrected chi connectivity index (χ0v) is 6.08. The van der Waals surface area contributed by atoms with E-state index in [-0.39, 0.29) is 11.7 Å². The molecule has 0 bridgehead atoms. The summed E-state index contributed by atoms with van der Waals surface area (Å²) in [4.78, 5) is 10.3. The first-order chi connectivity index (χ1) is 4.29. The molecule has 0 saturated heterocycles. The molecule has 0 unspecified atom stereocenters. The molecule has 0 saturated carbocycles. The van der Waals surface area contributed by atoms with Crippen LogP contribution in [0.2, 0.25) is 0 Å². The first-order valence-corrected chi connectivity index (χ1v) is 3.57. The summed E-state index contributed by atoms with van der Waals surface area (Å²) in [5.74, 6) is 0. The van der Waals surface area contributed by atoms with Crippen molar-refractivity contribution in [2.24, 2.45) is 0 Å². The van der Waals surface area contributed by atoms with Gasteiger partial charge in [-0.3, -0.25) is 4.79 Å². The molecule has 1 aromatic heterocycles. The fourth-order valence-electron chi connectivity index (χ4n) is 0.474. The third-order valence-corrected chi connectivity index (χ3v) is 1.60. The maximum absolute atomic E-state index is 10.3. The lowest BCUT2D eigenvalue weighted by Gasteiger charge is -1.83. The van der Waals surface area contributed by atoms with Gasteiger partial charge in [0.05, 0.1) is 0 Å². The van der Waals surface area contributed by atoms with Gasteiger partial charge in [0.1, 0.15) is 0 Å². The summed E-state index contributed by atoms with van der Waals surface area (Å²) < 4.78 is 3.81. The van der Waals surface area contributed by atoms with E-state index in [0.29, 0.717) is 0 Å². The van der Waals surface area contributed by atoms with E-state index < -0.39 is 0 Å². The second-order valence-electron chi connectivity index (χ2n) is 1.56. The molecule has 48 valence electrons. The van der Waals surface area contributed by atoms with E-state index in [1.165, 1.54) is 11.5 Å². The zero-order chi connectivity index (χ0) is 6.69. The highest BCUT2D eigenvalue weighted by Gasteiger charge is 1.98. The summed E-state index contributed by atoms with van der Waals surface area (Å²) in [5, 5.41) is 1.47. The van der Waals surface area contributed by atoms with E-state index in [1.807, 2.05) is 0 Å². The van der Waals surface area contributed by atoms with Crippen LogP contribution in [0.25, 0.3) is 0 Å². The van der Waals surface area contributed by atoms with Crippen molar-refractivity contribution in [1.82, 2.24) is 4.37 Å². The molecular formula is C5H4ClNOS. The molecule has 1 aromatic rings. The predicted octanol–water partition coefficient (Wildman–Crippen LogP) is 1.45. The van der Waals surface area contributed by atoms with Crippen molar-refractivity contribution < 1.29 is 4.79 Å².